The fraction of sp³-hybridized carbons (Fsp3) is 0.346. The average molecular weight is 448 g/mol. The second-order valence-electron chi connectivity index (χ2n) is 8.66. The van der Waals surface area contributed by atoms with Crippen LogP contribution in [0.5, 0.6) is 0 Å². The van der Waals surface area contributed by atoms with Gasteiger partial charge in [-0.15, -0.1) is 11.3 Å². The van der Waals surface area contributed by atoms with Crippen LogP contribution in [0.4, 0.5) is 10.8 Å². The van der Waals surface area contributed by atoms with Crippen molar-refractivity contribution in [1.29, 1.82) is 0 Å². The lowest BCUT2D eigenvalue weighted by Gasteiger charge is -2.31. The second kappa shape index (κ2) is 9.25. The van der Waals surface area contributed by atoms with Crippen LogP contribution in [0.15, 0.2) is 47.8 Å². The van der Waals surface area contributed by atoms with E-state index in [9.17, 15) is 9.59 Å². The maximum absolute atomic E-state index is 12.8. The molecule has 0 atom stereocenters. The van der Waals surface area contributed by atoms with E-state index in [1.165, 1.54) is 16.9 Å². The molecule has 166 valence electrons. The molecule has 32 heavy (non-hydrogen) atoms. The van der Waals surface area contributed by atoms with E-state index in [0.717, 1.165) is 47.5 Å². The van der Waals surface area contributed by atoms with Crippen LogP contribution in [0, 0.1) is 12.8 Å². The monoisotopic (exact) mass is 447 g/mol. The van der Waals surface area contributed by atoms with E-state index in [1.807, 2.05) is 67.4 Å². The summed E-state index contributed by atoms with van der Waals surface area (Å²) in [5.74, 6) is 0.173. The Labute approximate surface area is 193 Å². The molecule has 2 amide bonds. The number of anilines is 2. The number of nitrogens with zero attached hydrogens (tertiary/aromatic N) is 3. The minimum atomic E-state index is -0.0190. The Kier molecular flexibility index (Phi) is 6.42. The van der Waals surface area contributed by atoms with E-state index >= 15 is 0 Å². The first kappa shape index (κ1) is 22.2. The van der Waals surface area contributed by atoms with Crippen molar-refractivity contribution in [1.82, 2.24) is 4.98 Å². The molecule has 0 aliphatic carbocycles. The first-order chi connectivity index (χ1) is 15.3. The molecule has 5 nitrogen and oxygen atoms in total. The number of amides is 2. The lowest BCUT2D eigenvalue weighted by Crippen LogP contribution is -2.38. The summed E-state index contributed by atoms with van der Waals surface area (Å²) in [5.41, 5.74) is 6.23. The molecule has 0 unspecified atom stereocenters. The van der Waals surface area contributed by atoms with Crippen LogP contribution < -0.4 is 9.80 Å². The van der Waals surface area contributed by atoms with Gasteiger partial charge in [0.1, 0.15) is 0 Å². The number of aryl methyl sites for hydroxylation is 2. The molecule has 4 rings (SSSR count). The molecule has 2 aromatic carbocycles. The van der Waals surface area contributed by atoms with Crippen molar-refractivity contribution in [3.63, 3.8) is 0 Å². The van der Waals surface area contributed by atoms with Crippen LogP contribution >= 0.6 is 11.3 Å². The first-order valence-electron chi connectivity index (χ1n) is 11.1. The van der Waals surface area contributed by atoms with Crippen LogP contribution in [0.3, 0.4) is 0 Å². The van der Waals surface area contributed by atoms with Crippen molar-refractivity contribution in [3.8, 4) is 11.3 Å². The van der Waals surface area contributed by atoms with E-state index in [1.54, 1.807) is 11.9 Å². The van der Waals surface area contributed by atoms with E-state index in [2.05, 4.69) is 6.07 Å². The molecular formula is C26H29N3O2S. The molecular weight excluding hydrogens is 418 g/mol. The number of hydrogen-bond donors (Lipinski definition) is 0. The highest BCUT2D eigenvalue weighted by Crippen LogP contribution is 2.34. The van der Waals surface area contributed by atoms with Crippen LogP contribution in [-0.2, 0) is 22.4 Å². The second-order valence-corrected chi connectivity index (χ2v) is 9.50. The third-order valence-electron chi connectivity index (χ3n) is 6.01. The summed E-state index contributed by atoms with van der Waals surface area (Å²) >= 11 is 1.47. The number of aromatic nitrogens is 1. The predicted octanol–water partition coefficient (Wildman–Crippen LogP) is 5.26. The van der Waals surface area contributed by atoms with Crippen molar-refractivity contribution >= 4 is 34.0 Å². The van der Waals surface area contributed by atoms with Crippen molar-refractivity contribution in [3.05, 3.63) is 64.5 Å². The Morgan fingerprint density at radius 2 is 1.97 bits per heavy atom. The summed E-state index contributed by atoms with van der Waals surface area (Å²) in [6, 6.07) is 14.2. The number of fused-ring (bicyclic) bond motifs is 1. The molecule has 0 bridgehead atoms. The number of thiazole rings is 1. The van der Waals surface area contributed by atoms with Gasteiger partial charge in [0, 0.05) is 36.1 Å². The molecule has 0 saturated carbocycles. The van der Waals surface area contributed by atoms with Gasteiger partial charge in [-0.2, -0.15) is 0 Å². The summed E-state index contributed by atoms with van der Waals surface area (Å²) in [6.07, 6.45) is 2.28. The Balaban J connectivity index is 1.53. The molecule has 1 aliphatic rings. The predicted molar refractivity (Wildman–Crippen MR) is 131 cm³/mol. The van der Waals surface area contributed by atoms with Gasteiger partial charge in [-0.3, -0.25) is 14.5 Å². The minimum Gasteiger partial charge on any atom is -0.312 e. The highest BCUT2D eigenvalue weighted by molar-refractivity contribution is 7.14. The van der Waals surface area contributed by atoms with Crippen LogP contribution in [0.25, 0.3) is 11.3 Å². The van der Waals surface area contributed by atoms with E-state index < -0.39 is 0 Å². The number of likely N-dealkylation sites (N-methyl/N-ethyl adjacent to an activating group) is 1. The fourth-order valence-electron chi connectivity index (χ4n) is 4.04. The largest absolute Gasteiger partial charge is 0.312 e. The minimum absolute atomic E-state index is 0.0190. The van der Waals surface area contributed by atoms with Gasteiger partial charge in [-0.05, 0) is 48.6 Å². The maximum Gasteiger partial charge on any atom is 0.232 e. The zero-order valence-electron chi connectivity index (χ0n) is 19.1. The molecule has 0 fully saturated rings. The smallest absolute Gasteiger partial charge is 0.232 e. The third kappa shape index (κ3) is 4.46. The Morgan fingerprint density at radius 3 is 2.72 bits per heavy atom. The van der Waals surface area contributed by atoms with Gasteiger partial charge in [0.05, 0.1) is 12.1 Å². The van der Waals surface area contributed by atoms with Gasteiger partial charge in [0.25, 0.3) is 0 Å². The van der Waals surface area contributed by atoms with Gasteiger partial charge in [0.15, 0.2) is 5.13 Å². The molecule has 3 aromatic rings. The van der Waals surface area contributed by atoms with Crippen molar-refractivity contribution in [2.45, 2.75) is 40.0 Å². The third-order valence-corrected chi connectivity index (χ3v) is 6.93. The zero-order valence-corrected chi connectivity index (χ0v) is 19.9. The van der Waals surface area contributed by atoms with Crippen LogP contribution in [0.1, 0.15) is 37.0 Å². The molecule has 0 saturated heterocycles. The van der Waals surface area contributed by atoms with Gasteiger partial charge in [0.2, 0.25) is 11.8 Å². The summed E-state index contributed by atoms with van der Waals surface area (Å²) in [6.45, 7) is 6.69. The number of rotatable bonds is 5. The molecule has 6 heteroatoms. The zero-order chi connectivity index (χ0) is 22.8. The topological polar surface area (TPSA) is 53.5 Å². The highest BCUT2D eigenvalue weighted by atomic mass is 32.1. The standard InChI is InChI=1S/C26H29N3O2S/c1-17(2)25(31)29-13-7-10-21-14-20(11-12-23(21)29)22-16-32-26(27-22)28(4)24(30)15-19-9-6-5-8-18(19)3/h5-6,8-9,11-12,14,16-17H,7,10,13,15H2,1-4H3. The summed E-state index contributed by atoms with van der Waals surface area (Å²) in [7, 11) is 1.78. The molecule has 0 radical (unpaired) electrons. The van der Waals surface area contributed by atoms with Gasteiger partial charge < -0.3 is 4.90 Å². The summed E-state index contributed by atoms with van der Waals surface area (Å²) in [4.78, 5) is 33.7. The Morgan fingerprint density at radius 1 is 1.19 bits per heavy atom. The van der Waals surface area contributed by atoms with Crippen molar-refractivity contribution < 1.29 is 9.59 Å². The Bertz CT molecular complexity index is 1150. The van der Waals surface area contributed by atoms with Gasteiger partial charge in [-0.1, -0.05) is 44.2 Å². The van der Waals surface area contributed by atoms with Crippen LogP contribution in [0.2, 0.25) is 0 Å². The quantitative estimate of drug-likeness (QED) is 0.536. The molecule has 0 spiro atoms. The number of benzene rings is 2. The Hall–Kier alpha value is -2.99. The van der Waals surface area contributed by atoms with Crippen molar-refractivity contribution in [2.75, 3.05) is 23.4 Å². The van der Waals surface area contributed by atoms with E-state index in [4.69, 9.17) is 4.98 Å². The van der Waals surface area contributed by atoms with Gasteiger partial charge >= 0.3 is 0 Å². The lowest BCUT2D eigenvalue weighted by molar-refractivity contribution is -0.121. The molecule has 2 heterocycles. The SMILES string of the molecule is Cc1ccccc1CC(=O)N(C)c1nc(-c2ccc3c(c2)CCCN3C(=O)C(C)C)cs1. The van der Waals surface area contributed by atoms with Gasteiger partial charge in [-0.25, -0.2) is 4.98 Å². The number of carbonyl (C=O) groups excluding carboxylic acids is 2. The molecule has 1 aliphatic heterocycles. The number of carbonyl (C=O) groups is 2. The maximum atomic E-state index is 12.8. The number of hydrogen-bond acceptors (Lipinski definition) is 4. The fourth-order valence-corrected chi connectivity index (χ4v) is 4.86. The summed E-state index contributed by atoms with van der Waals surface area (Å²) in [5, 5.41) is 2.68. The molecule has 1 aromatic heterocycles. The van der Waals surface area contributed by atoms with Crippen LogP contribution in [-0.4, -0.2) is 30.4 Å². The van der Waals surface area contributed by atoms with E-state index in [-0.39, 0.29) is 17.7 Å². The highest BCUT2D eigenvalue weighted by Gasteiger charge is 2.25. The normalized spacial score (nSPS) is 13.2. The first-order valence-corrected chi connectivity index (χ1v) is 11.9. The molecule has 0 N–H and O–H groups in total. The average Bonchev–Trinajstić information content (AvgIpc) is 3.29. The lowest BCUT2D eigenvalue weighted by atomic mass is 9.97. The van der Waals surface area contributed by atoms with E-state index in [0.29, 0.717) is 11.6 Å². The summed E-state index contributed by atoms with van der Waals surface area (Å²) < 4.78 is 0. The van der Waals surface area contributed by atoms with Crippen molar-refractivity contribution in [2.24, 2.45) is 5.92 Å².